The van der Waals surface area contributed by atoms with Crippen LogP contribution in [0.3, 0.4) is 0 Å². The van der Waals surface area contributed by atoms with E-state index in [0.717, 1.165) is 25.2 Å². The Bertz CT molecular complexity index is 741. The third-order valence-electron chi connectivity index (χ3n) is 4.56. The van der Waals surface area contributed by atoms with Gasteiger partial charge in [-0.05, 0) is 43.6 Å². The molecule has 2 aromatic rings. The van der Waals surface area contributed by atoms with Gasteiger partial charge in [0.2, 0.25) is 0 Å². The van der Waals surface area contributed by atoms with Crippen LogP contribution in [0.15, 0.2) is 48.7 Å². The number of methoxy groups -OCH3 is 1. The molecule has 0 bridgehead atoms. The number of amides is 1. The van der Waals surface area contributed by atoms with Crippen LogP contribution in [0.1, 0.15) is 45.3 Å². The first-order valence-electron chi connectivity index (χ1n) is 8.80. The minimum atomic E-state index is -0.472. The van der Waals surface area contributed by atoms with Gasteiger partial charge in [-0.15, -0.1) is 0 Å². The number of likely N-dealkylation sites (tertiary alicyclic amines) is 1. The third kappa shape index (κ3) is 4.46. The molecule has 1 N–H and O–H groups in total. The average molecular weight is 353 g/mol. The van der Waals surface area contributed by atoms with Gasteiger partial charge in [0.15, 0.2) is 0 Å². The summed E-state index contributed by atoms with van der Waals surface area (Å²) in [7, 11) is 1.31. The van der Waals surface area contributed by atoms with Crippen molar-refractivity contribution in [3.8, 4) is 0 Å². The lowest BCUT2D eigenvalue weighted by atomic mass is 10.1. The Morgan fingerprint density at radius 2 is 1.88 bits per heavy atom. The number of rotatable bonds is 6. The number of benzene rings is 1. The van der Waals surface area contributed by atoms with E-state index < -0.39 is 5.97 Å². The summed E-state index contributed by atoms with van der Waals surface area (Å²) < 4.78 is 4.65. The Hall–Kier alpha value is -2.73. The summed E-state index contributed by atoms with van der Waals surface area (Å²) >= 11 is 0. The highest BCUT2D eigenvalue weighted by atomic mass is 16.5. The molecular formula is C20H23N3O3. The molecule has 3 rings (SSSR count). The van der Waals surface area contributed by atoms with Crippen LogP contribution in [-0.4, -0.2) is 48.5 Å². The molecule has 1 aliphatic heterocycles. The predicted octanol–water partition coefficient (Wildman–Crippen LogP) is 2.44. The largest absolute Gasteiger partial charge is 0.465 e. The van der Waals surface area contributed by atoms with Crippen LogP contribution >= 0.6 is 0 Å². The fourth-order valence-electron chi connectivity index (χ4n) is 3.14. The summed E-state index contributed by atoms with van der Waals surface area (Å²) in [6.07, 6.45) is 3.76. The van der Waals surface area contributed by atoms with Crippen molar-refractivity contribution in [3.05, 3.63) is 65.5 Å². The van der Waals surface area contributed by atoms with E-state index in [2.05, 4.69) is 19.9 Å². The average Bonchev–Trinajstić information content (AvgIpc) is 3.20. The zero-order chi connectivity index (χ0) is 18.4. The van der Waals surface area contributed by atoms with Gasteiger partial charge in [0.1, 0.15) is 5.69 Å². The van der Waals surface area contributed by atoms with E-state index in [1.165, 1.54) is 26.1 Å². The van der Waals surface area contributed by atoms with Crippen molar-refractivity contribution < 1.29 is 14.3 Å². The van der Waals surface area contributed by atoms with Crippen molar-refractivity contribution in [2.24, 2.45) is 0 Å². The molecule has 1 unspecified atom stereocenters. The Kier molecular flexibility index (Phi) is 5.96. The number of ether oxygens (including phenoxy) is 1. The molecule has 0 spiro atoms. The standard InChI is InChI=1S/C20H23N3O3/c1-26-20(25)16-9-10-17(21-13-16)19(24)22-18(14-23-11-5-6-12-23)15-7-3-2-4-8-15/h2-4,7-10,13,18H,5-6,11-12,14H2,1H3,(H,22,24). The zero-order valence-corrected chi connectivity index (χ0v) is 14.9. The van der Waals surface area contributed by atoms with Crippen LogP contribution in [0.4, 0.5) is 0 Å². The highest BCUT2D eigenvalue weighted by molar-refractivity contribution is 5.94. The van der Waals surface area contributed by atoms with Gasteiger partial charge in [0.05, 0.1) is 18.7 Å². The van der Waals surface area contributed by atoms with E-state index in [9.17, 15) is 9.59 Å². The van der Waals surface area contributed by atoms with E-state index in [1.54, 1.807) is 12.1 Å². The highest BCUT2D eigenvalue weighted by Gasteiger charge is 2.21. The molecule has 1 aromatic heterocycles. The first kappa shape index (κ1) is 18.1. The van der Waals surface area contributed by atoms with Gasteiger partial charge in [-0.25, -0.2) is 4.79 Å². The van der Waals surface area contributed by atoms with E-state index in [0.29, 0.717) is 5.56 Å². The van der Waals surface area contributed by atoms with Gasteiger partial charge in [-0.1, -0.05) is 30.3 Å². The van der Waals surface area contributed by atoms with Crippen molar-refractivity contribution in [3.63, 3.8) is 0 Å². The van der Waals surface area contributed by atoms with Crippen molar-refractivity contribution in [1.29, 1.82) is 0 Å². The van der Waals surface area contributed by atoms with Gasteiger partial charge in [0, 0.05) is 12.7 Å². The minimum Gasteiger partial charge on any atom is -0.465 e. The molecule has 26 heavy (non-hydrogen) atoms. The maximum absolute atomic E-state index is 12.6. The molecule has 0 aliphatic carbocycles. The van der Waals surface area contributed by atoms with Gasteiger partial charge >= 0.3 is 5.97 Å². The Balaban J connectivity index is 1.73. The fourth-order valence-corrected chi connectivity index (χ4v) is 3.14. The van der Waals surface area contributed by atoms with Crippen molar-refractivity contribution >= 4 is 11.9 Å². The number of carbonyl (C=O) groups is 2. The quantitative estimate of drug-likeness (QED) is 0.808. The van der Waals surface area contributed by atoms with Crippen LogP contribution in [0.2, 0.25) is 0 Å². The molecule has 1 fully saturated rings. The monoisotopic (exact) mass is 353 g/mol. The number of hydrogen-bond acceptors (Lipinski definition) is 5. The normalized spacial score (nSPS) is 15.4. The molecule has 6 heteroatoms. The number of carbonyl (C=O) groups excluding carboxylic acids is 2. The van der Waals surface area contributed by atoms with Crippen LogP contribution in [-0.2, 0) is 4.74 Å². The van der Waals surface area contributed by atoms with Crippen LogP contribution < -0.4 is 5.32 Å². The van der Waals surface area contributed by atoms with Gasteiger partial charge in [-0.2, -0.15) is 0 Å². The first-order chi connectivity index (χ1) is 12.7. The van der Waals surface area contributed by atoms with E-state index >= 15 is 0 Å². The van der Waals surface area contributed by atoms with Crippen LogP contribution in [0.25, 0.3) is 0 Å². The van der Waals surface area contributed by atoms with E-state index in [4.69, 9.17) is 0 Å². The second-order valence-corrected chi connectivity index (χ2v) is 6.37. The summed E-state index contributed by atoms with van der Waals surface area (Å²) in [6, 6.07) is 12.9. The maximum atomic E-state index is 12.6. The molecule has 0 radical (unpaired) electrons. The van der Waals surface area contributed by atoms with Crippen molar-refractivity contribution in [2.75, 3.05) is 26.7 Å². The van der Waals surface area contributed by atoms with Gasteiger partial charge in [0.25, 0.3) is 5.91 Å². The second-order valence-electron chi connectivity index (χ2n) is 6.37. The Labute approximate surface area is 153 Å². The Morgan fingerprint density at radius 1 is 1.15 bits per heavy atom. The van der Waals surface area contributed by atoms with Crippen molar-refractivity contribution in [2.45, 2.75) is 18.9 Å². The fraction of sp³-hybridized carbons (Fsp3) is 0.350. The second kappa shape index (κ2) is 8.58. The molecule has 1 atom stereocenters. The lowest BCUT2D eigenvalue weighted by molar-refractivity contribution is 0.0599. The smallest absolute Gasteiger partial charge is 0.339 e. The Morgan fingerprint density at radius 3 is 2.50 bits per heavy atom. The summed E-state index contributed by atoms with van der Waals surface area (Å²) in [6.45, 7) is 2.90. The topological polar surface area (TPSA) is 71.5 Å². The van der Waals surface area contributed by atoms with E-state index in [1.807, 2.05) is 30.3 Å². The van der Waals surface area contributed by atoms with Crippen LogP contribution in [0, 0.1) is 0 Å². The predicted molar refractivity (Wildman–Crippen MR) is 97.9 cm³/mol. The zero-order valence-electron chi connectivity index (χ0n) is 14.9. The highest BCUT2D eigenvalue weighted by Crippen LogP contribution is 2.18. The number of aromatic nitrogens is 1. The first-order valence-corrected chi connectivity index (χ1v) is 8.80. The molecule has 1 amide bonds. The summed E-state index contributed by atoms with van der Waals surface area (Å²) in [5.41, 5.74) is 1.67. The van der Waals surface area contributed by atoms with Gasteiger partial charge < -0.3 is 15.0 Å². The molecule has 6 nitrogen and oxygen atoms in total. The van der Waals surface area contributed by atoms with Gasteiger partial charge in [-0.3, -0.25) is 9.78 Å². The third-order valence-corrected chi connectivity index (χ3v) is 4.56. The lowest BCUT2D eigenvalue weighted by Crippen LogP contribution is -2.37. The number of esters is 1. The molecule has 1 saturated heterocycles. The number of nitrogens with one attached hydrogen (secondary N) is 1. The lowest BCUT2D eigenvalue weighted by Gasteiger charge is -2.24. The van der Waals surface area contributed by atoms with Crippen LogP contribution in [0.5, 0.6) is 0 Å². The van der Waals surface area contributed by atoms with Crippen molar-refractivity contribution in [1.82, 2.24) is 15.2 Å². The molecule has 2 heterocycles. The van der Waals surface area contributed by atoms with E-state index in [-0.39, 0.29) is 17.6 Å². The molecule has 1 aromatic carbocycles. The molecule has 136 valence electrons. The number of pyridine rings is 1. The summed E-state index contributed by atoms with van der Waals surface area (Å²) in [5, 5.41) is 3.08. The minimum absolute atomic E-state index is 0.108. The number of nitrogens with zero attached hydrogens (tertiary/aromatic N) is 2. The molecule has 1 aliphatic rings. The molecular weight excluding hydrogens is 330 g/mol. The SMILES string of the molecule is COC(=O)c1ccc(C(=O)NC(CN2CCCC2)c2ccccc2)nc1. The maximum Gasteiger partial charge on any atom is 0.339 e. The molecule has 0 saturated carbocycles. The summed E-state index contributed by atoms with van der Waals surface area (Å²) in [4.78, 5) is 30.6. The summed E-state index contributed by atoms with van der Waals surface area (Å²) in [5.74, 6) is -0.727. The number of hydrogen-bond donors (Lipinski definition) is 1.